The van der Waals surface area contributed by atoms with Crippen LogP contribution in [0.1, 0.15) is 33.6 Å². The van der Waals surface area contributed by atoms with Crippen molar-refractivity contribution in [3.63, 3.8) is 0 Å². The molecular weight excluding hydrogens is 258 g/mol. The van der Waals surface area contributed by atoms with Crippen LogP contribution in [0.2, 0.25) is 0 Å². The lowest BCUT2D eigenvalue weighted by molar-refractivity contribution is 0.465. The van der Waals surface area contributed by atoms with Crippen LogP contribution < -0.4 is 5.32 Å². The second-order valence-corrected chi connectivity index (χ2v) is 5.35. The van der Waals surface area contributed by atoms with Gasteiger partial charge >= 0.3 is 0 Å². The third-order valence-electron chi connectivity index (χ3n) is 3.08. The number of nitrogens with zero attached hydrogens (tertiary/aromatic N) is 2. The zero-order valence-corrected chi connectivity index (χ0v) is 13.7. The highest BCUT2D eigenvalue weighted by molar-refractivity contribution is 6.14. The van der Waals surface area contributed by atoms with E-state index >= 15 is 0 Å². The molecule has 0 saturated heterocycles. The lowest BCUT2D eigenvalue weighted by Crippen LogP contribution is -2.23. The van der Waals surface area contributed by atoms with E-state index in [9.17, 15) is 0 Å². The molecule has 1 N–H and O–H groups in total. The SMILES string of the molecule is C=C/C(C1=NCN(C)C=C1C)=C(\C=C/CCC)NC(=C)C. The third-order valence-corrected chi connectivity index (χ3v) is 3.08. The molecule has 21 heavy (non-hydrogen) atoms. The van der Waals surface area contributed by atoms with Gasteiger partial charge in [0, 0.05) is 30.2 Å². The van der Waals surface area contributed by atoms with Gasteiger partial charge in [-0.2, -0.15) is 0 Å². The van der Waals surface area contributed by atoms with Gasteiger partial charge in [-0.1, -0.05) is 38.7 Å². The summed E-state index contributed by atoms with van der Waals surface area (Å²) in [5.74, 6) is 0. The molecular formula is C18H27N3. The summed E-state index contributed by atoms with van der Waals surface area (Å²) in [6.07, 6.45) is 10.4. The summed E-state index contributed by atoms with van der Waals surface area (Å²) in [6.45, 7) is 14.8. The van der Waals surface area contributed by atoms with Gasteiger partial charge in [-0.25, -0.2) is 0 Å². The van der Waals surface area contributed by atoms with Crippen LogP contribution in [0, 0.1) is 0 Å². The van der Waals surface area contributed by atoms with E-state index in [1.807, 2.05) is 20.0 Å². The average Bonchev–Trinajstić information content (AvgIpc) is 2.41. The number of nitrogens with one attached hydrogen (secondary N) is 1. The summed E-state index contributed by atoms with van der Waals surface area (Å²) in [7, 11) is 2.02. The Morgan fingerprint density at radius 3 is 2.76 bits per heavy atom. The molecule has 0 radical (unpaired) electrons. The van der Waals surface area contributed by atoms with E-state index in [0.717, 1.165) is 41.1 Å². The molecule has 0 aromatic rings. The maximum atomic E-state index is 4.66. The molecule has 3 nitrogen and oxygen atoms in total. The van der Waals surface area contributed by atoms with Gasteiger partial charge in [0.1, 0.15) is 6.67 Å². The van der Waals surface area contributed by atoms with Crippen molar-refractivity contribution >= 4 is 5.71 Å². The van der Waals surface area contributed by atoms with Crippen LogP contribution in [0.25, 0.3) is 0 Å². The van der Waals surface area contributed by atoms with E-state index < -0.39 is 0 Å². The van der Waals surface area contributed by atoms with Crippen molar-refractivity contribution in [3.05, 3.63) is 60.1 Å². The van der Waals surface area contributed by atoms with Crippen molar-refractivity contribution in [3.8, 4) is 0 Å². The summed E-state index contributed by atoms with van der Waals surface area (Å²) in [5, 5.41) is 3.32. The first-order valence-electron chi connectivity index (χ1n) is 7.39. The average molecular weight is 285 g/mol. The highest BCUT2D eigenvalue weighted by Gasteiger charge is 2.14. The fourth-order valence-corrected chi connectivity index (χ4v) is 2.17. The van der Waals surface area contributed by atoms with Gasteiger partial charge in [-0.3, -0.25) is 4.99 Å². The van der Waals surface area contributed by atoms with Crippen LogP contribution in [0.5, 0.6) is 0 Å². The first kappa shape index (κ1) is 17.0. The number of hydrogen-bond acceptors (Lipinski definition) is 3. The van der Waals surface area contributed by atoms with Gasteiger partial charge in [0.25, 0.3) is 0 Å². The topological polar surface area (TPSA) is 27.6 Å². The molecule has 114 valence electrons. The summed E-state index contributed by atoms with van der Waals surface area (Å²) in [4.78, 5) is 6.73. The van der Waals surface area contributed by atoms with E-state index in [1.54, 1.807) is 0 Å². The van der Waals surface area contributed by atoms with Gasteiger partial charge in [-0.05, 0) is 31.9 Å². The lowest BCUT2D eigenvalue weighted by Gasteiger charge is -2.22. The lowest BCUT2D eigenvalue weighted by atomic mass is 10.0. The predicted molar refractivity (Wildman–Crippen MR) is 93.0 cm³/mol. The molecule has 0 aliphatic carbocycles. The van der Waals surface area contributed by atoms with Gasteiger partial charge in [0.05, 0.1) is 5.71 Å². The summed E-state index contributed by atoms with van der Waals surface area (Å²) in [6, 6.07) is 0. The molecule has 0 atom stereocenters. The molecule has 3 heteroatoms. The van der Waals surface area contributed by atoms with Crippen LogP contribution in [-0.4, -0.2) is 24.3 Å². The van der Waals surface area contributed by atoms with Gasteiger partial charge in [-0.15, -0.1) is 0 Å². The highest BCUT2D eigenvalue weighted by Crippen LogP contribution is 2.18. The minimum atomic E-state index is 0.670. The summed E-state index contributed by atoms with van der Waals surface area (Å²) in [5.41, 5.74) is 5.06. The maximum Gasteiger partial charge on any atom is 0.110 e. The first-order chi connectivity index (χ1) is 9.99. The van der Waals surface area contributed by atoms with Gasteiger partial charge in [0.15, 0.2) is 0 Å². The van der Waals surface area contributed by atoms with Crippen molar-refractivity contribution in [2.45, 2.75) is 33.6 Å². The Balaban J connectivity index is 3.22. The largest absolute Gasteiger partial charge is 0.361 e. The smallest absolute Gasteiger partial charge is 0.110 e. The van der Waals surface area contributed by atoms with E-state index in [1.165, 1.54) is 0 Å². The van der Waals surface area contributed by atoms with Crippen molar-refractivity contribution in [2.75, 3.05) is 13.7 Å². The molecule has 0 aromatic heterocycles. The Morgan fingerprint density at radius 2 is 2.24 bits per heavy atom. The Hall–Kier alpha value is -2.03. The Labute approximate surface area is 129 Å². The van der Waals surface area contributed by atoms with Crippen molar-refractivity contribution in [2.24, 2.45) is 4.99 Å². The Bertz CT molecular complexity index is 519. The normalized spacial score (nSPS) is 16.3. The van der Waals surface area contributed by atoms with Crippen LogP contribution in [0.3, 0.4) is 0 Å². The van der Waals surface area contributed by atoms with E-state index in [-0.39, 0.29) is 0 Å². The highest BCUT2D eigenvalue weighted by atomic mass is 15.2. The molecule has 0 fully saturated rings. The van der Waals surface area contributed by atoms with E-state index in [2.05, 4.69) is 60.6 Å². The Morgan fingerprint density at radius 1 is 1.52 bits per heavy atom. The number of aliphatic imine (C=N–C) groups is 1. The molecule has 1 rings (SSSR count). The van der Waals surface area contributed by atoms with Gasteiger partial charge in [0.2, 0.25) is 0 Å². The predicted octanol–water partition coefficient (Wildman–Crippen LogP) is 4.15. The molecule has 1 aliphatic rings. The molecule has 1 heterocycles. The molecule has 0 saturated carbocycles. The monoisotopic (exact) mass is 285 g/mol. The zero-order valence-electron chi connectivity index (χ0n) is 13.7. The quantitative estimate of drug-likeness (QED) is 0.711. The van der Waals surface area contributed by atoms with Crippen molar-refractivity contribution < 1.29 is 0 Å². The standard InChI is InChI=1S/C18H27N3/c1-7-9-10-11-17(20-14(3)4)16(8-2)18-15(5)12-21(6)13-19-18/h8,10-12,20H,2-3,7,9,13H2,1,4-6H3/b11-10-,17-16-. The third kappa shape index (κ3) is 5.10. The molecule has 0 aromatic carbocycles. The second-order valence-electron chi connectivity index (χ2n) is 5.35. The molecule has 0 unspecified atom stereocenters. The zero-order chi connectivity index (χ0) is 15.8. The first-order valence-corrected chi connectivity index (χ1v) is 7.39. The Kier molecular flexibility index (Phi) is 6.73. The molecule has 0 amide bonds. The van der Waals surface area contributed by atoms with Crippen molar-refractivity contribution in [1.82, 2.24) is 10.2 Å². The van der Waals surface area contributed by atoms with Gasteiger partial charge < -0.3 is 10.2 Å². The van der Waals surface area contributed by atoms with Crippen LogP contribution >= 0.6 is 0 Å². The van der Waals surface area contributed by atoms with Crippen LogP contribution in [0.15, 0.2) is 65.1 Å². The number of unbranched alkanes of at least 4 members (excludes halogenated alkanes) is 1. The van der Waals surface area contributed by atoms with Crippen LogP contribution in [0.4, 0.5) is 0 Å². The summed E-state index contributed by atoms with van der Waals surface area (Å²) >= 11 is 0. The van der Waals surface area contributed by atoms with Crippen LogP contribution in [-0.2, 0) is 0 Å². The number of hydrogen-bond donors (Lipinski definition) is 1. The minimum absolute atomic E-state index is 0.670. The number of rotatable bonds is 7. The van der Waals surface area contributed by atoms with Crippen molar-refractivity contribution in [1.29, 1.82) is 0 Å². The van der Waals surface area contributed by atoms with E-state index in [0.29, 0.717) is 6.67 Å². The molecule has 1 aliphatic heterocycles. The number of allylic oxidation sites excluding steroid dienone is 6. The second kappa shape index (κ2) is 8.30. The van der Waals surface area contributed by atoms with E-state index in [4.69, 9.17) is 0 Å². The summed E-state index contributed by atoms with van der Waals surface area (Å²) < 4.78 is 0. The molecule has 0 spiro atoms. The fraction of sp³-hybridized carbons (Fsp3) is 0.389. The fourth-order valence-electron chi connectivity index (χ4n) is 2.17. The maximum absolute atomic E-state index is 4.66. The molecule has 0 bridgehead atoms. The minimum Gasteiger partial charge on any atom is -0.361 e.